The van der Waals surface area contributed by atoms with Crippen LogP contribution in [0.25, 0.3) is 0 Å². The average Bonchev–Trinajstić information content (AvgIpc) is 3.27. The zero-order valence-electron chi connectivity index (χ0n) is 34.0. The van der Waals surface area contributed by atoms with Crippen LogP contribution in [0.4, 0.5) is 0 Å². The molecule has 3 heterocycles. The number of rotatable bonds is 14. The van der Waals surface area contributed by atoms with Crippen LogP contribution < -0.4 is 19.5 Å². The number of carbonyl (C=O) groups excluding carboxylic acids is 2. The summed E-state index contributed by atoms with van der Waals surface area (Å²) in [4.78, 5) is 37.9. The number of ether oxygens (including phenoxy) is 5. The number of alkyl halides is 1. The van der Waals surface area contributed by atoms with Crippen molar-refractivity contribution in [1.82, 2.24) is 15.1 Å². The Morgan fingerprint density at radius 1 is 0.621 bits per heavy atom. The van der Waals surface area contributed by atoms with Gasteiger partial charge in [-0.25, -0.2) is 0 Å². The lowest BCUT2D eigenvalue weighted by Gasteiger charge is -2.33. The fourth-order valence-corrected chi connectivity index (χ4v) is 6.83. The van der Waals surface area contributed by atoms with Crippen LogP contribution in [0.2, 0.25) is 0 Å². The molecule has 3 atom stereocenters. The molecule has 0 radical (unpaired) electrons. The van der Waals surface area contributed by atoms with E-state index < -0.39 is 5.97 Å². The van der Waals surface area contributed by atoms with Crippen LogP contribution >= 0.6 is 28.3 Å². The number of carbonyl (C=O) groups is 3. The lowest BCUT2D eigenvalue weighted by molar-refractivity contribution is -0.148. The Balaban J connectivity index is 0.000000276. The number of hydrogen-bond acceptors (Lipinski definition) is 11. The molecule has 2 N–H and O–H groups in total. The number of nitrogens with zero attached hydrogens (tertiary/aromatic N) is 2. The van der Waals surface area contributed by atoms with Gasteiger partial charge < -0.3 is 34.1 Å². The predicted molar refractivity (Wildman–Crippen MR) is 233 cm³/mol. The van der Waals surface area contributed by atoms with Gasteiger partial charge in [0.25, 0.3) is 0 Å². The Kier molecular flexibility index (Phi) is 26.9. The summed E-state index contributed by atoms with van der Waals surface area (Å²) in [7, 11) is 2.88. The summed E-state index contributed by atoms with van der Waals surface area (Å²) in [5.74, 6) is 1.67. The van der Waals surface area contributed by atoms with Gasteiger partial charge in [-0.3, -0.25) is 24.2 Å². The number of carboxylic acid groups (broad SMARTS) is 1. The Bertz CT molecular complexity index is 1510. The molecule has 14 heteroatoms. The van der Waals surface area contributed by atoms with E-state index in [9.17, 15) is 14.4 Å². The molecule has 3 fully saturated rings. The van der Waals surface area contributed by atoms with E-state index in [0.29, 0.717) is 19.8 Å². The first-order valence-corrected chi connectivity index (χ1v) is 21.2. The first kappa shape index (κ1) is 50.3. The number of piperidine rings is 3. The van der Waals surface area contributed by atoms with Crippen molar-refractivity contribution in [2.45, 2.75) is 75.9 Å². The highest BCUT2D eigenvalue weighted by Crippen LogP contribution is 2.19. The van der Waals surface area contributed by atoms with Crippen molar-refractivity contribution in [1.29, 1.82) is 0 Å². The number of para-hydroxylation sites is 3. The molecule has 0 spiro atoms. The molecule has 0 unspecified atom stereocenters. The summed E-state index contributed by atoms with van der Waals surface area (Å²) in [6.07, 6.45) is 9.18. The normalized spacial score (nSPS) is 19.0. The molecule has 0 aromatic heterocycles. The molecule has 6 rings (SSSR count). The fourth-order valence-electron chi connectivity index (χ4n) is 6.66. The van der Waals surface area contributed by atoms with Gasteiger partial charge >= 0.3 is 17.9 Å². The molecule has 3 aromatic carbocycles. The first-order chi connectivity index (χ1) is 27.9. The molecular formula is C44H63BrClN3O9. The minimum absolute atomic E-state index is 0. The van der Waals surface area contributed by atoms with Crippen molar-refractivity contribution >= 4 is 46.2 Å². The van der Waals surface area contributed by atoms with E-state index in [4.69, 9.17) is 24.1 Å². The fraction of sp³-hybridized carbons (Fsp3) is 0.523. The number of hydrogen-bond donors (Lipinski definition) is 2. The summed E-state index contributed by atoms with van der Waals surface area (Å²) in [6.45, 7) is 6.03. The highest BCUT2D eigenvalue weighted by molar-refractivity contribution is 9.09. The van der Waals surface area contributed by atoms with Crippen molar-refractivity contribution < 1.29 is 43.2 Å². The van der Waals surface area contributed by atoms with E-state index in [1.807, 2.05) is 95.9 Å². The third-order valence-electron chi connectivity index (χ3n) is 9.65. The quantitative estimate of drug-likeness (QED) is 0.124. The van der Waals surface area contributed by atoms with Crippen molar-refractivity contribution in [2.24, 2.45) is 0 Å². The molecule has 322 valence electrons. The number of likely N-dealkylation sites (tertiary alicyclic amines) is 2. The van der Waals surface area contributed by atoms with E-state index in [1.165, 1.54) is 20.6 Å². The molecule has 0 saturated carbocycles. The molecule has 58 heavy (non-hydrogen) atoms. The molecule has 3 aromatic rings. The van der Waals surface area contributed by atoms with Crippen molar-refractivity contribution in [3.63, 3.8) is 0 Å². The van der Waals surface area contributed by atoms with Crippen LogP contribution in [-0.2, 0) is 23.9 Å². The van der Waals surface area contributed by atoms with E-state index >= 15 is 0 Å². The Morgan fingerprint density at radius 2 is 1.05 bits per heavy atom. The van der Waals surface area contributed by atoms with Crippen LogP contribution in [0.1, 0.15) is 57.8 Å². The highest BCUT2D eigenvalue weighted by Gasteiger charge is 2.29. The molecule has 3 aliphatic heterocycles. The molecule has 3 aliphatic rings. The van der Waals surface area contributed by atoms with Crippen LogP contribution in [0.3, 0.4) is 0 Å². The Labute approximate surface area is 359 Å². The second kappa shape index (κ2) is 31.1. The van der Waals surface area contributed by atoms with Crippen molar-refractivity contribution in [3.8, 4) is 17.2 Å². The Hall–Kier alpha value is -3.88. The molecular weight excluding hydrogens is 830 g/mol. The maximum atomic E-state index is 11.7. The smallest absolute Gasteiger partial charge is 0.323 e. The van der Waals surface area contributed by atoms with Crippen LogP contribution in [0, 0.1) is 0 Å². The minimum Gasteiger partial charge on any atom is -0.493 e. The maximum absolute atomic E-state index is 11.7. The standard InChI is InChI=1S/C15H21NO3.C14H19NO3.C8H9BrO.C7H13NO2.ClH/c1-18-15(17)14-9-5-6-10-16(14)11-12-19-13-7-3-2-4-8-13;16-14(17)13-8-4-5-9-15(13)10-11-18-12-6-2-1-3-7-12;9-6-7-10-8-4-2-1-3-5-8;1-10-7(9)6-4-2-3-5-8-6;/h2-4,7-8,14H,5-6,9-12H2,1H3;1-3,6-7,13H,4-5,8-11H2,(H,16,17);1-5H,6-7H2;6,8H,2-5H2,1H3;1H/t14-;13-;;6-;/m11.1./s1. The summed E-state index contributed by atoms with van der Waals surface area (Å²) in [5.41, 5.74) is 0. The number of nitrogens with one attached hydrogen (secondary N) is 1. The SMILES string of the molecule is BrCCOc1ccccc1.COC(=O)[C@H]1CCCCN1.COC(=O)[C@H]1CCCCN1CCOc1ccccc1.Cl.O=C(O)[C@H]1CCCCN1CCOc1ccccc1. The van der Waals surface area contributed by atoms with Crippen molar-refractivity contribution in [3.05, 3.63) is 91.0 Å². The van der Waals surface area contributed by atoms with Crippen molar-refractivity contribution in [2.75, 3.05) is 72.1 Å². The van der Waals surface area contributed by atoms with Gasteiger partial charge in [-0.1, -0.05) is 89.8 Å². The summed E-state index contributed by atoms with van der Waals surface area (Å²) in [5, 5.41) is 13.1. The summed E-state index contributed by atoms with van der Waals surface area (Å²) in [6, 6.07) is 28.7. The van der Waals surface area contributed by atoms with E-state index in [-0.39, 0.29) is 42.5 Å². The second-order valence-electron chi connectivity index (χ2n) is 13.7. The predicted octanol–water partition coefficient (Wildman–Crippen LogP) is 7.28. The molecule has 0 amide bonds. The minimum atomic E-state index is -0.714. The number of benzene rings is 3. The molecule has 12 nitrogen and oxygen atoms in total. The van der Waals surface area contributed by atoms with Gasteiger partial charge in [0, 0.05) is 18.4 Å². The number of carboxylic acids is 1. The lowest BCUT2D eigenvalue weighted by Crippen LogP contribution is -2.46. The maximum Gasteiger partial charge on any atom is 0.323 e. The zero-order valence-corrected chi connectivity index (χ0v) is 36.4. The van der Waals surface area contributed by atoms with Gasteiger partial charge in [0.2, 0.25) is 0 Å². The third kappa shape index (κ3) is 20.2. The zero-order chi connectivity index (χ0) is 40.9. The number of esters is 2. The van der Waals surface area contributed by atoms with Gasteiger partial charge in [-0.2, -0.15) is 0 Å². The number of methoxy groups -OCH3 is 2. The molecule has 3 saturated heterocycles. The lowest BCUT2D eigenvalue weighted by atomic mass is 10.0. The van der Waals surface area contributed by atoms with Gasteiger partial charge in [-0.05, 0) is 94.6 Å². The second-order valence-corrected chi connectivity index (χ2v) is 14.4. The molecule has 0 bridgehead atoms. The van der Waals surface area contributed by atoms with Gasteiger partial charge in [-0.15, -0.1) is 12.4 Å². The van der Waals surface area contributed by atoms with Crippen LogP contribution in [0.15, 0.2) is 91.0 Å². The van der Waals surface area contributed by atoms with Crippen LogP contribution in [-0.4, -0.2) is 123 Å². The topological polar surface area (TPSA) is 136 Å². The first-order valence-electron chi connectivity index (χ1n) is 20.1. The number of aliphatic carboxylic acids is 1. The number of halogens is 2. The van der Waals surface area contributed by atoms with E-state index in [1.54, 1.807) is 0 Å². The van der Waals surface area contributed by atoms with Gasteiger partial charge in [0.05, 0.1) is 20.8 Å². The van der Waals surface area contributed by atoms with Gasteiger partial charge in [0.1, 0.15) is 48.6 Å². The Morgan fingerprint density at radius 3 is 1.47 bits per heavy atom. The van der Waals surface area contributed by atoms with Gasteiger partial charge in [0.15, 0.2) is 0 Å². The third-order valence-corrected chi connectivity index (χ3v) is 9.98. The largest absolute Gasteiger partial charge is 0.493 e. The average molecular weight is 893 g/mol. The van der Waals surface area contributed by atoms with Crippen LogP contribution in [0.5, 0.6) is 17.2 Å². The summed E-state index contributed by atoms with van der Waals surface area (Å²) >= 11 is 3.28. The molecule has 0 aliphatic carbocycles. The monoisotopic (exact) mass is 891 g/mol. The highest BCUT2D eigenvalue weighted by atomic mass is 79.9. The van der Waals surface area contributed by atoms with E-state index in [2.05, 4.69) is 30.9 Å². The summed E-state index contributed by atoms with van der Waals surface area (Å²) < 4.78 is 26.0. The van der Waals surface area contributed by atoms with E-state index in [0.717, 1.165) is 107 Å².